The summed E-state index contributed by atoms with van der Waals surface area (Å²) in [7, 11) is 0. The van der Waals surface area contributed by atoms with E-state index >= 15 is 0 Å². The Kier molecular flexibility index (Phi) is 1.80. The maximum absolute atomic E-state index is 5.64. The minimum absolute atomic E-state index is 0.778. The van der Waals surface area contributed by atoms with E-state index in [0.29, 0.717) is 0 Å². The summed E-state index contributed by atoms with van der Waals surface area (Å²) in [4.78, 5) is 4.19. The molecule has 0 unspecified atom stereocenters. The fraction of sp³-hybridized carbons (Fsp3) is 0. The number of aromatic nitrogens is 1. The first-order valence-corrected chi connectivity index (χ1v) is 4.54. The average Bonchev–Trinajstić information content (AvgIpc) is 2.56. The van der Waals surface area contributed by atoms with Gasteiger partial charge in [0.05, 0.1) is 11.2 Å². The third-order valence-electron chi connectivity index (χ3n) is 1.61. The molecule has 0 atom stereocenters. The lowest BCUT2D eigenvalue weighted by Gasteiger charge is -1.96. The molecule has 60 valence electrons. The van der Waals surface area contributed by atoms with Crippen LogP contribution in [0, 0.1) is 0 Å². The topological polar surface area (TPSA) is 38.9 Å². The molecule has 0 aliphatic rings. The van der Waals surface area contributed by atoms with Gasteiger partial charge in [-0.15, -0.1) is 11.3 Å². The van der Waals surface area contributed by atoms with Crippen molar-refractivity contribution in [1.82, 2.24) is 4.98 Å². The Morgan fingerprint density at radius 3 is 2.92 bits per heavy atom. The highest BCUT2D eigenvalue weighted by Crippen LogP contribution is 2.20. The first kappa shape index (κ1) is 7.31. The summed E-state index contributed by atoms with van der Waals surface area (Å²) in [5.41, 5.74) is 10.3. The second kappa shape index (κ2) is 2.95. The fourth-order valence-corrected chi connectivity index (χ4v) is 1.61. The SMILES string of the molecule is Nc1cccc(-c2cscn2)c1. The van der Waals surface area contributed by atoms with Crippen LogP contribution in [0.3, 0.4) is 0 Å². The molecule has 1 heterocycles. The van der Waals surface area contributed by atoms with Crippen LogP contribution in [-0.2, 0) is 0 Å². The number of nitrogen functional groups attached to an aromatic ring is 1. The number of hydrogen-bond acceptors (Lipinski definition) is 3. The number of thiazole rings is 1. The van der Waals surface area contributed by atoms with Crippen LogP contribution in [0.15, 0.2) is 35.2 Å². The van der Waals surface area contributed by atoms with Gasteiger partial charge in [-0.1, -0.05) is 12.1 Å². The van der Waals surface area contributed by atoms with Crippen molar-refractivity contribution in [2.45, 2.75) is 0 Å². The molecular weight excluding hydrogens is 168 g/mol. The van der Waals surface area contributed by atoms with Crippen molar-refractivity contribution in [2.24, 2.45) is 0 Å². The molecule has 0 radical (unpaired) electrons. The molecule has 0 bridgehead atoms. The molecule has 0 amide bonds. The number of rotatable bonds is 1. The van der Waals surface area contributed by atoms with Crippen LogP contribution >= 0.6 is 11.3 Å². The molecule has 1 aromatic carbocycles. The molecule has 0 saturated heterocycles. The largest absolute Gasteiger partial charge is 0.399 e. The van der Waals surface area contributed by atoms with Gasteiger partial charge in [0.25, 0.3) is 0 Å². The number of nitrogens with zero attached hydrogens (tertiary/aromatic N) is 1. The molecule has 1 aromatic heterocycles. The Balaban J connectivity index is 2.48. The van der Waals surface area contributed by atoms with Crippen molar-refractivity contribution in [3.8, 4) is 11.3 Å². The fourth-order valence-electron chi connectivity index (χ4n) is 1.05. The third kappa shape index (κ3) is 1.31. The van der Waals surface area contributed by atoms with Crippen molar-refractivity contribution in [3.63, 3.8) is 0 Å². The second-order valence-corrected chi connectivity index (χ2v) is 3.22. The van der Waals surface area contributed by atoms with E-state index in [9.17, 15) is 0 Å². The van der Waals surface area contributed by atoms with Crippen molar-refractivity contribution < 1.29 is 0 Å². The summed E-state index contributed by atoms with van der Waals surface area (Å²) in [5.74, 6) is 0. The molecule has 0 aliphatic carbocycles. The minimum Gasteiger partial charge on any atom is -0.399 e. The quantitative estimate of drug-likeness (QED) is 0.677. The lowest BCUT2D eigenvalue weighted by Crippen LogP contribution is -1.84. The maximum Gasteiger partial charge on any atom is 0.0811 e. The summed E-state index contributed by atoms with van der Waals surface area (Å²) < 4.78 is 0. The third-order valence-corrected chi connectivity index (χ3v) is 2.20. The van der Waals surface area contributed by atoms with E-state index in [1.807, 2.05) is 35.2 Å². The molecule has 0 saturated carbocycles. The van der Waals surface area contributed by atoms with Crippen LogP contribution in [0.1, 0.15) is 0 Å². The van der Waals surface area contributed by atoms with Gasteiger partial charge in [0.2, 0.25) is 0 Å². The molecule has 2 N–H and O–H groups in total. The standard InChI is InChI=1S/C9H8N2S/c10-8-3-1-2-7(4-8)9-5-12-6-11-9/h1-6H,10H2. The first-order valence-electron chi connectivity index (χ1n) is 3.60. The van der Waals surface area contributed by atoms with Gasteiger partial charge in [0.15, 0.2) is 0 Å². The van der Waals surface area contributed by atoms with E-state index in [1.54, 1.807) is 11.3 Å². The Labute approximate surface area is 74.7 Å². The summed E-state index contributed by atoms with van der Waals surface area (Å²) in [6, 6.07) is 7.74. The average molecular weight is 176 g/mol. The number of benzene rings is 1. The van der Waals surface area contributed by atoms with E-state index in [4.69, 9.17) is 5.73 Å². The Morgan fingerprint density at radius 1 is 1.33 bits per heavy atom. The van der Waals surface area contributed by atoms with Gasteiger partial charge in [-0.25, -0.2) is 4.98 Å². The molecule has 0 spiro atoms. The zero-order chi connectivity index (χ0) is 8.39. The van der Waals surface area contributed by atoms with E-state index in [0.717, 1.165) is 16.9 Å². The number of anilines is 1. The molecular formula is C9H8N2S. The molecule has 0 fully saturated rings. The highest BCUT2D eigenvalue weighted by Gasteiger charge is 1.97. The molecule has 2 rings (SSSR count). The van der Waals surface area contributed by atoms with Gasteiger partial charge < -0.3 is 5.73 Å². The van der Waals surface area contributed by atoms with Gasteiger partial charge in [-0.3, -0.25) is 0 Å². The predicted molar refractivity (Wildman–Crippen MR) is 52.0 cm³/mol. The van der Waals surface area contributed by atoms with E-state index < -0.39 is 0 Å². The van der Waals surface area contributed by atoms with Crippen LogP contribution in [0.4, 0.5) is 5.69 Å². The zero-order valence-corrected chi connectivity index (χ0v) is 7.21. The summed E-state index contributed by atoms with van der Waals surface area (Å²) >= 11 is 1.59. The summed E-state index contributed by atoms with van der Waals surface area (Å²) in [6.07, 6.45) is 0. The van der Waals surface area contributed by atoms with E-state index in [1.165, 1.54) is 0 Å². The molecule has 2 aromatic rings. The van der Waals surface area contributed by atoms with Crippen LogP contribution in [0.2, 0.25) is 0 Å². The van der Waals surface area contributed by atoms with Crippen LogP contribution in [-0.4, -0.2) is 4.98 Å². The Morgan fingerprint density at radius 2 is 2.25 bits per heavy atom. The van der Waals surface area contributed by atoms with Gasteiger partial charge in [-0.2, -0.15) is 0 Å². The highest BCUT2D eigenvalue weighted by molar-refractivity contribution is 7.07. The highest BCUT2D eigenvalue weighted by atomic mass is 32.1. The van der Waals surface area contributed by atoms with Gasteiger partial charge in [-0.05, 0) is 12.1 Å². The van der Waals surface area contributed by atoms with Crippen molar-refractivity contribution >= 4 is 17.0 Å². The Hall–Kier alpha value is -1.35. The minimum atomic E-state index is 0.778. The molecule has 3 heteroatoms. The lowest BCUT2D eigenvalue weighted by atomic mass is 10.1. The van der Waals surface area contributed by atoms with Crippen molar-refractivity contribution in [1.29, 1.82) is 0 Å². The second-order valence-electron chi connectivity index (χ2n) is 2.50. The van der Waals surface area contributed by atoms with Gasteiger partial charge in [0, 0.05) is 16.6 Å². The maximum atomic E-state index is 5.64. The van der Waals surface area contributed by atoms with Crippen molar-refractivity contribution in [2.75, 3.05) is 5.73 Å². The van der Waals surface area contributed by atoms with E-state index in [2.05, 4.69) is 4.98 Å². The van der Waals surface area contributed by atoms with Gasteiger partial charge in [0.1, 0.15) is 0 Å². The normalized spacial score (nSPS) is 10.0. The number of hydrogen-bond donors (Lipinski definition) is 1. The zero-order valence-electron chi connectivity index (χ0n) is 6.40. The lowest BCUT2D eigenvalue weighted by molar-refractivity contribution is 1.41. The smallest absolute Gasteiger partial charge is 0.0811 e. The predicted octanol–water partition coefficient (Wildman–Crippen LogP) is 2.39. The van der Waals surface area contributed by atoms with E-state index in [-0.39, 0.29) is 0 Å². The monoisotopic (exact) mass is 176 g/mol. The summed E-state index contributed by atoms with van der Waals surface area (Å²) in [6.45, 7) is 0. The van der Waals surface area contributed by atoms with Crippen LogP contribution in [0.5, 0.6) is 0 Å². The number of nitrogens with two attached hydrogens (primary N) is 1. The molecule has 0 aliphatic heterocycles. The molecule has 2 nitrogen and oxygen atoms in total. The molecule has 12 heavy (non-hydrogen) atoms. The van der Waals surface area contributed by atoms with Crippen LogP contribution in [0.25, 0.3) is 11.3 Å². The van der Waals surface area contributed by atoms with Crippen molar-refractivity contribution in [3.05, 3.63) is 35.2 Å². The Bertz CT molecular complexity index is 368. The summed E-state index contributed by atoms with van der Waals surface area (Å²) in [5, 5.41) is 2.01. The first-order chi connectivity index (χ1) is 5.86. The van der Waals surface area contributed by atoms with Crippen LogP contribution < -0.4 is 5.73 Å². The van der Waals surface area contributed by atoms with Gasteiger partial charge >= 0.3 is 0 Å².